The summed E-state index contributed by atoms with van der Waals surface area (Å²) in [7, 11) is 2.17. The average molecular weight is 305 g/mol. The first-order chi connectivity index (χ1) is 10.3. The predicted octanol–water partition coefficient (Wildman–Crippen LogP) is 3.84. The summed E-state index contributed by atoms with van der Waals surface area (Å²) in [6, 6.07) is 10.7. The van der Waals surface area contributed by atoms with Crippen LogP contribution >= 0.6 is 11.6 Å². The number of nitrogens with zero attached hydrogens (tertiary/aromatic N) is 2. The third-order valence-corrected chi connectivity index (χ3v) is 4.50. The Morgan fingerprint density at radius 1 is 1.33 bits per heavy atom. The van der Waals surface area contributed by atoms with Crippen LogP contribution in [-0.4, -0.2) is 36.1 Å². The van der Waals surface area contributed by atoms with Gasteiger partial charge < -0.3 is 9.64 Å². The van der Waals surface area contributed by atoms with Gasteiger partial charge in [-0.2, -0.15) is 0 Å². The highest BCUT2D eigenvalue weighted by Crippen LogP contribution is 2.26. The number of ether oxygens (including phenoxy) is 1. The molecule has 0 N–H and O–H groups in total. The lowest BCUT2D eigenvalue weighted by molar-refractivity contribution is 0.123. The number of hydrogen-bond donors (Lipinski definition) is 0. The number of hydrogen-bond acceptors (Lipinski definition) is 3. The molecule has 1 aliphatic rings. The van der Waals surface area contributed by atoms with Gasteiger partial charge in [-0.3, -0.25) is 0 Å². The van der Waals surface area contributed by atoms with Gasteiger partial charge in [-0.25, -0.2) is 4.98 Å². The molecule has 1 fully saturated rings. The fourth-order valence-electron chi connectivity index (χ4n) is 2.93. The van der Waals surface area contributed by atoms with Crippen LogP contribution in [-0.2, 0) is 5.88 Å². The van der Waals surface area contributed by atoms with E-state index in [4.69, 9.17) is 16.3 Å². The molecule has 0 amide bonds. The van der Waals surface area contributed by atoms with E-state index in [2.05, 4.69) is 29.1 Å². The maximum Gasteiger partial charge on any atom is 0.221 e. The Balaban J connectivity index is 1.82. The largest absolute Gasteiger partial charge is 0.476 e. The first-order valence-electron chi connectivity index (χ1n) is 7.55. The molecular formula is C17H21ClN2O. The highest BCUT2D eigenvalue weighted by molar-refractivity contribution is 6.17. The third kappa shape index (κ3) is 3.30. The minimum atomic E-state index is 0.407. The number of alkyl halides is 1. The van der Waals surface area contributed by atoms with Crippen molar-refractivity contribution in [3.05, 3.63) is 36.0 Å². The first-order valence-corrected chi connectivity index (χ1v) is 8.09. The number of aromatic nitrogens is 1. The summed E-state index contributed by atoms with van der Waals surface area (Å²) in [5.74, 6) is 1.12. The lowest BCUT2D eigenvalue weighted by atomic mass is 10.0. The standard InChI is InChI=1S/C17H21ClN2O/c1-20-9-5-4-7-15(20)12-21-17-16-8-3-2-6-13(16)10-14(11-18)19-17/h2-3,6,8,10,15H,4-5,7,9,11-12H2,1H3. The Morgan fingerprint density at radius 3 is 3.00 bits per heavy atom. The number of likely N-dealkylation sites (tertiary alicyclic amines) is 1. The number of benzene rings is 1. The Morgan fingerprint density at radius 2 is 2.19 bits per heavy atom. The van der Waals surface area contributed by atoms with Crippen LogP contribution in [0.5, 0.6) is 5.88 Å². The number of rotatable bonds is 4. The Labute approximate surface area is 130 Å². The molecule has 4 heteroatoms. The Kier molecular flexibility index (Phi) is 4.61. The highest BCUT2D eigenvalue weighted by atomic mass is 35.5. The molecule has 3 rings (SSSR count). The summed E-state index contributed by atoms with van der Waals surface area (Å²) in [5.41, 5.74) is 0.863. The summed E-state index contributed by atoms with van der Waals surface area (Å²) in [6.07, 6.45) is 3.77. The number of likely N-dealkylation sites (N-methyl/N-ethyl adjacent to an activating group) is 1. The molecule has 2 aromatic rings. The van der Waals surface area contributed by atoms with Crippen molar-refractivity contribution < 1.29 is 4.74 Å². The van der Waals surface area contributed by atoms with E-state index in [0.717, 1.165) is 23.0 Å². The van der Waals surface area contributed by atoms with Crippen LogP contribution in [0.2, 0.25) is 0 Å². The molecule has 112 valence electrons. The van der Waals surface area contributed by atoms with Gasteiger partial charge in [-0.05, 0) is 44.0 Å². The van der Waals surface area contributed by atoms with Crippen LogP contribution in [0.1, 0.15) is 25.0 Å². The van der Waals surface area contributed by atoms with Crippen LogP contribution in [0.25, 0.3) is 10.8 Å². The molecule has 0 saturated carbocycles. The van der Waals surface area contributed by atoms with Crippen LogP contribution in [0.4, 0.5) is 0 Å². The van der Waals surface area contributed by atoms with Crippen molar-refractivity contribution >= 4 is 22.4 Å². The summed E-state index contributed by atoms with van der Waals surface area (Å²) >= 11 is 5.95. The lowest BCUT2D eigenvalue weighted by Crippen LogP contribution is -2.40. The van der Waals surface area contributed by atoms with E-state index in [0.29, 0.717) is 24.4 Å². The van der Waals surface area contributed by atoms with E-state index in [9.17, 15) is 0 Å². The maximum atomic E-state index is 6.06. The molecule has 1 atom stereocenters. The molecule has 1 saturated heterocycles. The van der Waals surface area contributed by atoms with E-state index < -0.39 is 0 Å². The van der Waals surface area contributed by atoms with Crippen molar-refractivity contribution in [1.29, 1.82) is 0 Å². The van der Waals surface area contributed by atoms with Gasteiger partial charge in [0.25, 0.3) is 0 Å². The van der Waals surface area contributed by atoms with Crippen molar-refractivity contribution in [2.24, 2.45) is 0 Å². The Bertz CT molecular complexity index is 617. The zero-order valence-electron chi connectivity index (χ0n) is 12.4. The SMILES string of the molecule is CN1CCCCC1COc1nc(CCl)cc2ccccc12. The Hall–Kier alpha value is -1.32. The van der Waals surface area contributed by atoms with Gasteiger partial charge in [0.05, 0.1) is 11.6 Å². The lowest BCUT2D eigenvalue weighted by Gasteiger charge is -2.32. The molecule has 21 heavy (non-hydrogen) atoms. The zero-order valence-corrected chi connectivity index (χ0v) is 13.1. The van der Waals surface area contributed by atoms with Crippen molar-refractivity contribution in [3.63, 3.8) is 0 Å². The van der Waals surface area contributed by atoms with Gasteiger partial charge in [-0.1, -0.05) is 24.6 Å². The zero-order chi connectivity index (χ0) is 14.7. The molecule has 1 aromatic heterocycles. The van der Waals surface area contributed by atoms with Crippen molar-refractivity contribution in [2.45, 2.75) is 31.2 Å². The molecular weight excluding hydrogens is 284 g/mol. The quantitative estimate of drug-likeness (QED) is 0.803. The average Bonchev–Trinajstić information content (AvgIpc) is 2.53. The predicted molar refractivity (Wildman–Crippen MR) is 87.1 cm³/mol. The molecule has 0 radical (unpaired) electrons. The minimum Gasteiger partial charge on any atom is -0.476 e. The first kappa shape index (κ1) is 14.6. The normalized spacial score (nSPS) is 19.8. The summed E-state index contributed by atoms with van der Waals surface area (Å²) in [6.45, 7) is 1.85. The van der Waals surface area contributed by atoms with Crippen LogP contribution in [0, 0.1) is 0 Å². The molecule has 0 spiro atoms. The van der Waals surface area contributed by atoms with E-state index >= 15 is 0 Å². The van der Waals surface area contributed by atoms with Gasteiger partial charge in [0.15, 0.2) is 0 Å². The number of halogens is 1. The van der Waals surface area contributed by atoms with Gasteiger partial charge in [0, 0.05) is 11.4 Å². The monoisotopic (exact) mass is 304 g/mol. The third-order valence-electron chi connectivity index (χ3n) is 4.23. The molecule has 2 heterocycles. The molecule has 3 nitrogen and oxygen atoms in total. The van der Waals surface area contributed by atoms with Crippen LogP contribution < -0.4 is 4.74 Å². The van der Waals surface area contributed by atoms with E-state index in [-0.39, 0.29) is 0 Å². The molecule has 1 unspecified atom stereocenters. The number of fused-ring (bicyclic) bond motifs is 1. The molecule has 0 aliphatic carbocycles. The second-order valence-corrected chi connectivity index (χ2v) is 5.98. The van der Waals surface area contributed by atoms with E-state index in [1.807, 2.05) is 18.2 Å². The van der Waals surface area contributed by atoms with Crippen LogP contribution in [0.15, 0.2) is 30.3 Å². The molecule has 1 aliphatic heterocycles. The topological polar surface area (TPSA) is 25.4 Å². The van der Waals surface area contributed by atoms with Crippen molar-refractivity contribution in [3.8, 4) is 5.88 Å². The summed E-state index contributed by atoms with van der Waals surface area (Å²) < 4.78 is 6.06. The number of pyridine rings is 1. The van der Waals surface area contributed by atoms with Crippen LogP contribution in [0.3, 0.4) is 0 Å². The fraction of sp³-hybridized carbons (Fsp3) is 0.471. The second kappa shape index (κ2) is 6.63. The fourth-order valence-corrected chi connectivity index (χ4v) is 3.07. The second-order valence-electron chi connectivity index (χ2n) is 5.71. The maximum absolute atomic E-state index is 6.06. The van der Waals surface area contributed by atoms with Gasteiger partial charge in [0.1, 0.15) is 6.61 Å². The van der Waals surface area contributed by atoms with E-state index in [1.165, 1.54) is 19.3 Å². The summed E-state index contributed by atoms with van der Waals surface area (Å²) in [5, 5.41) is 2.19. The molecule has 0 bridgehead atoms. The number of piperidine rings is 1. The van der Waals surface area contributed by atoms with E-state index in [1.54, 1.807) is 0 Å². The highest BCUT2D eigenvalue weighted by Gasteiger charge is 2.20. The van der Waals surface area contributed by atoms with Gasteiger partial charge in [0.2, 0.25) is 5.88 Å². The van der Waals surface area contributed by atoms with Crippen molar-refractivity contribution in [1.82, 2.24) is 9.88 Å². The van der Waals surface area contributed by atoms with Gasteiger partial charge >= 0.3 is 0 Å². The molecule has 1 aromatic carbocycles. The minimum absolute atomic E-state index is 0.407. The summed E-state index contributed by atoms with van der Waals surface area (Å²) in [4.78, 5) is 6.94. The smallest absolute Gasteiger partial charge is 0.221 e. The van der Waals surface area contributed by atoms with Crippen molar-refractivity contribution in [2.75, 3.05) is 20.2 Å². The van der Waals surface area contributed by atoms with Gasteiger partial charge in [-0.15, -0.1) is 11.6 Å².